The number of rotatable bonds is 10. The zero-order valence-corrected chi connectivity index (χ0v) is 24.0. The van der Waals surface area contributed by atoms with Gasteiger partial charge in [0, 0.05) is 24.3 Å². The minimum Gasteiger partial charge on any atom is -0.285 e. The third-order valence-corrected chi connectivity index (χ3v) is 7.44. The number of nitrogens with one attached hydrogen (secondary N) is 2. The summed E-state index contributed by atoms with van der Waals surface area (Å²) >= 11 is 0. The highest BCUT2D eigenvalue weighted by Crippen LogP contribution is 2.27. The molecule has 0 radical (unpaired) electrons. The fourth-order valence-electron chi connectivity index (χ4n) is 3.51. The lowest BCUT2D eigenvalue weighted by Gasteiger charge is -2.04. The molecule has 0 aromatic heterocycles. The normalized spacial score (nSPS) is 12.7. The summed E-state index contributed by atoms with van der Waals surface area (Å²) < 4.78 is 64.4. The molecule has 0 saturated carbocycles. The highest BCUT2D eigenvalue weighted by atomic mass is 32.2. The summed E-state index contributed by atoms with van der Waals surface area (Å²) in [4.78, 5) is 45.1. The molecule has 0 spiro atoms. The van der Waals surface area contributed by atoms with Gasteiger partial charge in [-0.1, -0.05) is 0 Å². The highest BCUT2D eigenvalue weighted by Gasteiger charge is 2.24. The van der Waals surface area contributed by atoms with Crippen molar-refractivity contribution in [3.8, 4) is 0 Å². The van der Waals surface area contributed by atoms with Gasteiger partial charge in [-0.25, -0.2) is 0 Å². The Hall–Kier alpha value is -6.10. The molecule has 0 aliphatic carbocycles. The van der Waals surface area contributed by atoms with Crippen LogP contribution < -0.4 is 32.4 Å². The molecule has 0 atom stereocenters. The summed E-state index contributed by atoms with van der Waals surface area (Å²) in [6.45, 7) is 0. The van der Waals surface area contributed by atoms with Crippen molar-refractivity contribution >= 4 is 54.4 Å². The van der Waals surface area contributed by atoms with E-state index >= 15 is 0 Å². The maximum Gasteiger partial charge on any atom is 0.301 e. The van der Waals surface area contributed by atoms with Crippen molar-refractivity contribution in [2.24, 2.45) is 20.4 Å². The first-order chi connectivity index (χ1) is 21.5. The van der Waals surface area contributed by atoms with Gasteiger partial charge in [-0.2, -0.15) is 32.2 Å². The zero-order chi connectivity index (χ0) is 33.8. The first kappa shape index (κ1) is 32.8. The number of hydrogen-bond donors (Lipinski definition) is 4. The topological polar surface area (TPSA) is 303 Å². The van der Waals surface area contributed by atoms with Gasteiger partial charge in [0.05, 0.1) is 31.8 Å². The number of nitrogens with zero attached hydrogens (tertiary/aromatic N) is 6. The van der Waals surface area contributed by atoms with E-state index in [2.05, 4.69) is 31.3 Å². The van der Waals surface area contributed by atoms with Gasteiger partial charge in [0.1, 0.15) is 11.0 Å². The molecule has 0 unspecified atom stereocenters. The molecule has 236 valence electrons. The highest BCUT2D eigenvalue weighted by molar-refractivity contribution is 7.86. The second kappa shape index (κ2) is 12.9. The van der Waals surface area contributed by atoms with Crippen LogP contribution >= 0.6 is 0 Å². The molecule has 46 heavy (non-hydrogen) atoms. The van der Waals surface area contributed by atoms with Crippen LogP contribution in [0.25, 0.3) is 0 Å². The Labute approximate surface area is 255 Å². The average Bonchev–Trinajstić information content (AvgIpc) is 2.99. The summed E-state index contributed by atoms with van der Waals surface area (Å²) in [5, 5.41) is 35.9. The van der Waals surface area contributed by atoms with E-state index in [0.717, 1.165) is 42.5 Å². The molecular weight excluding hydrogens is 656 g/mol. The van der Waals surface area contributed by atoms with Crippen LogP contribution in [0.2, 0.25) is 0 Å². The Morgan fingerprint density at radius 2 is 1.28 bits per heavy atom. The fraction of sp³-hybridized carbons (Fsp3) is 0. The molecule has 4 N–H and O–H groups in total. The first-order valence-electron chi connectivity index (χ1n) is 12.0. The van der Waals surface area contributed by atoms with Crippen LogP contribution in [0.1, 0.15) is 0 Å². The molecule has 20 nitrogen and oxygen atoms in total. The van der Waals surface area contributed by atoms with Crippen molar-refractivity contribution in [1.29, 1.82) is 0 Å². The monoisotopic (exact) mass is 672 g/mol. The molecule has 0 fully saturated rings. The Balaban J connectivity index is 1.82. The van der Waals surface area contributed by atoms with Crippen LogP contribution in [-0.2, 0) is 20.2 Å². The maximum atomic E-state index is 13.2. The van der Waals surface area contributed by atoms with E-state index in [1.807, 2.05) is 0 Å². The third-order valence-electron chi connectivity index (χ3n) is 5.69. The molecule has 4 rings (SSSR count). The van der Waals surface area contributed by atoms with E-state index in [4.69, 9.17) is 4.55 Å². The van der Waals surface area contributed by atoms with E-state index in [-0.39, 0.29) is 22.7 Å². The molecule has 0 heterocycles. The summed E-state index contributed by atoms with van der Waals surface area (Å²) in [5.74, 6) is 0. The SMILES string of the molecule is O=c1c(N=Nc2ccc([N+](=O)[O-])cc2)c/c(=N/Nc2ccc(S(=O)(=O)O)cc2)c(=O)/c1=N\Nc1ccc([N+](=O)[O-])c(S(=O)(=O)O)c1. The molecule has 0 bridgehead atoms. The second-order valence-corrected chi connectivity index (χ2v) is 11.6. The van der Waals surface area contributed by atoms with E-state index in [9.17, 15) is 51.2 Å². The molecular formula is C24H16N8O12S2. The number of hydrogen-bond acceptors (Lipinski definition) is 16. The van der Waals surface area contributed by atoms with E-state index < -0.39 is 72.8 Å². The van der Waals surface area contributed by atoms with Crippen LogP contribution in [0.15, 0.2) is 113 Å². The zero-order valence-electron chi connectivity index (χ0n) is 22.4. The first-order valence-corrected chi connectivity index (χ1v) is 14.9. The van der Waals surface area contributed by atoms with Gasteiger partial charge in [0.2, 0.25) is 10.9 Å². The van der Waals surface area contributed by atoms with Gasteiger partial charge in [-0.3, -0.25) is 49.8 Å². The number of non-ortho nitro benzene ring substituents is 1. The predicted molar refractivity (Wildman–Crippen MR) is 156 cm³/mol. The molecule has 4 aromatic carbocycles. The van der Waals surface area contributed by atoms with Gasteiger partial charge in [-0.15, -0.1) is 5.11 Å². The van der Waals surface area contributed by atoms with Crippen molar-refractivity contribution in [1.82, 2.24) is 0 Å². The minimum atomic E-state index is -5.08. The van der Waals surface area contributed by atoms with Gasteiger partial charge in [0.25, 0.3) is 21.5 Å². The quantitative estimate of drug-likeness (QED) is 0.0809. The summed E-state index contributed by atoms with van der Waals surface area (Å²) in [6.07, 6.45) is 0. The van der Waals surface area contributed by atoms with Crippen molar-refractivity contribution in [2.75, 3.05) is 10.9 Å². The van der Waals surface area contributed by atoms with Crippen LogP contribution in [0.4, 0.5) is 34.1 Å². The minimum absolute atomic E-state index is 0.0759. The smallest absolute Gasteiger partial charge is 0.285 e. The summed E-state index contributed by atoms with van der Waals surface area (Å²) in [6, 6.07) is 12.4. The fourth-order valence-corrected chi connectivity index (χ4v) is 4.67. The molecule has 22 heteroatoms. The van der Waals surface area contributed by atoms with Crippen molar-refractivity contribution < 1.29 is 35.8 Å². The van der Waals surface area contributed by atoms with Gasteiger partial charge in [0.15, 0.2) is 10.3 Å². The number of anilines is 2. The summed E-state index contributed by atoms with van der Waals surface area (Å²) in [5.41, 5.74) is 0.625. The number of benzene rings is 4. The molecule has 0 amide bonds. The standard InChI is InChI=1S/C24H16N8O12S2/c33-23-18(28-25-13-1-6-16(7-2-13)31(35)36)12-19(29-26-14-3-8-17(9-4-14)45(39,40)41)24(34)22(23)30-27-15-5-10-20(32(37)38)21(11-15)46(42,43)44/h1-12,26-27H,(H,39,40,41)(H,42,43,44)/b28-25?,29-19-,30-22-. The third kappa shape index (κ3) is 7.69. The number of azo groups is 1. The van der Waals surface area contributed by atoms with E-state index in [0.29, 0.717) is 6.07 Å². The number of nitro groups is 2. The van der Waals surface area contributed by atoms with Gasteiger partial charge in [-0.05, 0) is 48.5 Å². The van der Waals surface area contributed by atoms with Crippen molar-refractivity contribution in [2.45, 2.75) is 9.79 Å². The Kier molecular flexibility index (Phi) is 9.18. The predicted octanol–water partition coefficient (Wildman–Crippen LogP) is 1.86. The van der Waals surface area contributed by atoms with Crippen molar-refractivity contribution in [3.05, 3.63) is 124 Å². The Bertz CT molecular complexity index is 2350. The lowest BCUT2D eigenvalue weighted by molar-refractivity contribution is -0.387. The second-order valence-electron chi connectivity index (χ2n) is 8.76. The van der Waals surface area contributed by atoms with Crippen LogP contribution in [0, 0.1) is 20.2 Å². The van der Waals surface area contributed by atoms with Crippen LogP contribution in [0.5, 0.6) is 0 Å². The maximum absolute atomic E-state index is 13.2. The van der Waals surface area contributed by atoms with Gasteiger partial charge < -0.3 is 0 Å². The lowest BCUT2D eigenvalue weighted by Crippen LogP contribution is -2.48. The van der Waals surface area contributed by atoms with Crippen molar-refractivity contribution in [3.63, 3.8) is 0 Å². The van der Waals surface area contributed by atoms with E-state index in [1.54, 1.807) is 0 Å². The molecule has 0 aliphatic rings. The molecule has 0 aliphatic heterocycles. The average molecular weight is 673 g/mol. The Morgan fingerprint density at radius 1 is 0.674 bits per heavy atom. The van der Waals surface area contributed by atoms with E-state index in [1.165, 1.54) is 24.3 Å². The van der Waals surface area contributed by atoms with Crippen LogP contribution in [-0.4, -0.2) is 35.8 Å². The lowest BCUT2D eigenvalue weighted by atomic mass is 10.2. The largest absolute Gasteiger partial charge is 0.301 e. The molecule has 4 aromatic rings. The Morgan fingerprint density at radius 3 is 1.85 bits per heavy atom. The summed E-state index contributed by atoms with van der Waals surface area (Å²) in [7, 11) is -9.57. The number of nitro benzene ring substituents is 2. The molecule has 0 saturated heterocycles. The van der Waals surface area contributed by atoms with Gasteiger partial charge >= 0.3 is 10.1 Å². The van der Waals surface area contributed by atoms with Crippen LogP contribution in [0.3, 0.4) is 0 Å².